The molecule has 1 fully saturated rings. The molecule has 0 saturated carbocycles. The molecule has 2 aliphatic heterocycles. The van der Waals surface area contributed by atoms with Crippen LogP contribution in [0.3, 0.4) is 0 Å². The molecule has 9 heteroatoms. The molecule has 3 rings (SSSR count). The molecule has 1 aromatic rings. The van der Waals surface area contributed by atoms with Crippen LogP contribution in [0.4, 0.5) is 10.1 Å². The van der Waals surface area contributed by atoms with Crippen molar-refractivity contribution in [3.8, 4) is 0 Å². The highest BCUT2D eigenvalue weighted by molar-refractivity contribution is 6.62. The molecule has 2 heterocycles. The number of halogens is 1. The van der Waals surface area contributed by atoms with Crippen LogP contribution in [0.2, 0.25) is 0 Å². The van der Waals surface area contributed by atoms with Crippen molar-refractivity contribution in [1.29, 1.82) is 0 Å². The molecule has 0 aliphatic carbocycles. The van der Waals surface area contributed by atoms with Gasteiger partial charge in [-0.15, -0.1) is 0 Å². The molecule has 27 heavy (non-hydrogen) atoms. The van der Waals surface area contributed by atoms with Crippen molar-refractivity contribution in [2.45, 2.75) is 38.9 Å². The van der Waals surface area contributed by atoms with Gasteiger partial charge in [-0.1, -0.05) is 0 Å². The smallest absolute Gasteiger partial charge is 0.399 e. The third kappa shape index (κ3) is 3.50. The number of carbonyl (C=O) groups excluding carboxylic acids is 2. The minimum atomic E-state index is -0.891. The zero-order chi connectivity index (χ0) is 20.0. The molecule has 0 atom stereocenters. The Hall–Kier alpha value is -2.23. The van der Waals surface area contributed by atoms with Gasteiger partial charge in [-0.2, -0.15) is 0 Å². The molecule has 0 unspecified atom stereocenters. The van der Waals surface area contributed by atoms with Crippen molar-refractivity contribution in [2.75, 3.05) is 18.5 Å². The van der Waals surface area contributed by atoms with Gasteiger partial charge in [0.1, 0.15) is 11.5 Å². The number of nitrogens with one attached hydrogen (secondary N) is 1. The number of hydrogen-bond acceptors (Lipinski definition) is 6. The van der Waals surface area contributed by atoms with E-state index in [4.69, 9.17) is 14.4 Å². The average molecular weight is 376 g/mol. The molecule has 1 saturated heterocycles. The Balaban J connectivity index is 1.82. The van der Waals surface area contributed by atoms with Crippen LogP contribution in [0.25, 0.3) is 0 Å². The maximum absolute atomic E-state index is 14.4. The van der Waals surface area contributed by atoms with Crippen LogP contribution < -0.4 is 10.8 Å². The van der Waals surface area contributed by atoms with Crippen molar-refractivity contribution in [1.82, 2.24) is 4.90 Å². The second-order valence-corrected chi connectivity index (χ2v) is 7.53. The first-order valence-electron chi connectivity index (χ1n) is 8.66. The van der Waals surface area contributed by atoms with Gasteiger partial charge in [-0.25, -0.2) is 4.39 Å². The summed E-state index contributed by atoms with van der Waals surface area (Å²) in [7, 11) is -0.891. The van der Waals surface area contributed by atoms with Crippen molar-refractivity contribution >= 4 is 30.1 Å². The van der Waals surface area contributed by atoms with E-state index in [1.54, 1.807) is 0 Å². The summed E-state index contributed by atoms with van der Waals surface area (Å²) in [5.74, 6) is -1.55. The van der Waals surface area contributed by atoms with E-state index in [2.05, 4.69) is 5.32 Å². The second kappa shape index (κ2) is 6.74. The monoisotopic (exact) mass is 376 g/mol. The van der Waals surface area contributed by atoms with E-state index in [1.165, 1.54) is 18.2 Å². The Labute approximate surface area is 157 Å². The van der Waals surface area contributed by atoms with E-state index < -0.39 is 36.0 Å². The Kier molecular flexibility index (Phi) is 4.88. The van der Waals surface area contributed by atoms with Gasteiger partial charge in [-0.05, 0) is 45.9 Å². The number of aliphatic hydroxyl groups is 1. The molecule has 2 amide bonds. The minimum Gasteiger partial charge on any atom is -0.399 e. The molecule has 0 aromatic heterocycles. The SMILES string of the molecule is CC1(C)OB(c2cc(NC3=CC(=O)N(CCO)C3=O)ccc2F)OC1(C)C. The van der Waals surface area contributed by atoms with Gasteiger partial charge in [0, 0.05) is 17.2 Å². The van der Waals surface area contributed by atoms with Gasteiger partial charge in [0.15, 0.2) is 0 Å². The van der Waals surface area contributed by atoms with Gasteiger partial charge in [0.25, 0.3) is 11.8 Å². The van der Waals surface area contributed by atoms with Crippen LogP contribution in [-0.4, -0.2) is 53.3 Å². The summed E-state index contributed by atoms with van der Waals surface area (Å²) in [5, 5.41) is 11.8. The molecule has 0 spiro atoms. The molecule has 1 aromatic carbocycles. The predicted molar refractivity (Wildman–Crippen MR) is 97.6 cm³/mol. The average Bonchev–Trinajstić information content (AvgIpc) is 2.95. The number of rotatable bonds is 5. The summed E-state index contributed by atoms with van der Waals surface area (Å²) in [4.78, 5) is 25.0. The molecule has 7 nitrogen and oxygen atoms in total. The molecule has 2 aliphatic rings. The predicted octanol–water partition coefficient (Wildman–Crippen LogP) is 0.782. The Morgan fingerprint density at radius 1 is 1.19 bits per heavy atom. The lowest BCUT2D eigenvalue weighted by molar-refractivity contribution is -0.137. The largest absolute Gasteiger partial charge is 0.497 e. The highest BCUT2D eigenvalue weighted by atomic mass is 19.1. The lowest BCUT2D eigenvalue weighted by Gasteiger charge is -2.32. The molecule has 2 N–H and O–H groups in total. The summed E-state index contributed by atoms with van der Waals surface area (Å²) in [6.07, 6.45) is 1.15. The van der Waals surface area contributed by atoms with E-state index in [1.807, 2.05) is 27.7 Å². The standard InChI is InChI=1S/C18H22BFN2O5/c1-17(2)18(3,4)27-19(26-17)12-9-11(5-6-13(12)20)21-14-10-15(24)22(7-8-23)16(14)25/h5-6,9-10,21,23H,7-8H2,1-4H3. The Bertz CT molecular complexity index is 808. The van der Waals surface area contributed by atoms with E-state index in [-0.39, 0.29) is 24.3 Å². The van der Waals surface area contributed by atoms with Crippen LogP contribution >= 0.6 is 0 Å². The fraction of sp³-hybridized carbons (Fsp3) is 0.444. The number of benzene rings is 1. The van der Waals surface area contributed by atoms with E-state index in [0.29, 0.717) is 5.69 Å². The number of anilines is 1. The molecular weight excluding hydrogens is 354 g/mol. The van der Waals surface area contributed by atoms with Gasteiger partial charge < -0.3 is 19.7 Å². The maximum atomic E-state index is 14.4. The lowest BCUT2D eigenvalue weighted by Crippen LogP contribution is -2.41. The van der Waals surface area contributed by atoms with E-state index >= 15 is 0 Å². The van der Waals surface area contributed by atoms with Gasteiger partial charge in [0.05, 0.1) is 24.4 Å². The van der Waals surface area contributed by atoms with Crippen molar-refractivity contribution in [3.63, 3.8) is 0 Å². The molecular formula is C18H22BFN2O5. The van der Waals surface area contributed by atoms with E-state index in [0.717, 1.165) is 11.0 Å². The summed E-state index contributed by atoms with van der Waals surface area (Å²) >= 11 is 0. The number of β-amino-alcohol motifs (C(OH)–C–C–N with tert-alkyl or cyclic N) is 1. The number of nitrogens with zero attached hydrogens (tertiary/aromatic N) is 1. The second-order valence-electron chi connectivity index (χ2n) is 7.53. The van der Waals surface area contributed by atoms with E-state index in [9.17, 15) is 14.0 Å². The molecule has 0 radical (unpaired) electrons. The quantitative estimate of drug-likeness (QED) is 0.584. The van der Waals surface area contributed by atoms with Crippen molar-refractivity contribution in [2.24, 2.45) is 0 Å². The number of amides is 2. The molecule has 144 valence electrons. The third-order valence-corrected chi connectivity index (χ3v) is 5.12. The van der Waals surface area contributed by atoms with Crippen LogP contribution in [0.1, 0.15) is 27.7 Å². The lowest BCUT2D eigenvalue weighted by atomic mass is 9.78. The van der Waals surface area contributed by atoms with Crippen LogP contribution in [0.5, 0.6) is 0 Å². The first kappa shape index (κ1) is 19.5. The zero-order valence-electron chi connectivity index (χ0n) is 15.7. The maximum Gasteiger partial charge on any atom is 0.497 e. The highest BCUT2D eigenvalue weighted by Gasteiger charge is 2.52. The van der Waals surface area contributed by atoms with Crippen LogP contribution in [0.15, 0.2) is 30.0 Å². The van der Waals surface area contributed by atoms with Gasteiger partial charge >= 0.3 is 7.12 Å². The first-order chi connectivity index (χ1) is 12.6. The van der Waals surface area contributed by atoms with Crippen molar-refractivity contribution < 1.29 is 28.4 Å². The fourth-order valence-electron chi connectivity index (χ4n) is 2.84. The van der Waals surface area contributed by atoms with Gasteiger partial charge in [0.2, 0.25) is 0 Å². The normalized spacial score (nSPS) is 21.0. The Morgan fingerprint density at radius 3 is 2.41 bits per heavy atom. The van der Waals surface area contributed by atoms with Gasteiger partial charge in [-0.3, -0.25) is 14.5 Å². The zero-order valence-corrected chi connectivity index (χ0v) is 15.7. The third-order valence-electron chi connectivity index (χ3n) is 5.12. The first-order valence-corrected chi connectivity index (χ1v) is 8.66. The number of carbonyl (C=O) groups is 2. The highest BCUT2D eigenvalue weighted by Crippen LogP contribution is 2.36. The topological polar surface area (TPSA) is 88.1 Å². The minimum absolute atomic E-state index is 0.0555. The summed E-state index contributed by atoms with van der Waals surface area (Å²) < 4.78 is 26.1. The van der Waals surface area contributed by atoms with Crippen LogP contribution in [0, 0.1) is 5.82 Å². The number of imide groups is 1. The summed E-state index contributed by atoms with van der Waals surface area (Å²) in [6, 6.07) is 4.19. The number of aliphatic hydroxyl groups excluding tert-OH is 1. The fourth-order valence-corrected chi connectivity index (χ4v) is 2.84. The summed E-state index contributed by atoms with van der Waals surface area (Å²) in [6.45, 7) is 7.09. The van der Waals surface area contributed by atoms with Crippen molar-refractivity contribution in [3.05, 3.63) is 35.8 Å². The summed E-state index contributed by atoms with van der Waals surface area (Å²) in [5.41, 5.74) is -0.564. The molecule has 0 bridgehead atoms. The Morgan fingerprint density at radius 2 is 1.81 bits per heavy atom. The number of hydrogen-bond donors (Lipinski definition) is 2. The van der Waals surface area contributed by atoms with Crippen LogP contribution in [-0.2, 0) is 18.9 Å².